The Kier molecular flexibility index (Phi) is 4.47. The van der Waals surface area contributed by atoms with Gasteiger partial charge in [0.25, 0.3) is 0 Å². The highest BCUT2D eigenvalue weighted by Gasteiger charge is 2.07. The summed E-state index contributed by atoms with van der Waals surface area (Å²) >= 11 is 5.75. The number of nitrogens with zero attached hydrogens (tertiary/aromatic N) is 2. The van der Waals surface area contributed by atoms with Crippen LogP contribution in [0.25, 0.3) is 0 Å². The average molecular weight is 277 g/mol. The monoisotopic (exact) mass is 276 g/mol. The van der Waals surface area contributed by atoms with Gasteiger partial charge in [0.1, 0.15) is 5.15 Å². The number of halogens is 1. The van der Waals surface area contributed by atoms with E-state index in [-0.39, 0.29) is 5.91 Å². The summed E-state index contributed by atoms with van der Waals surface area (Å²) in [6.07, 6.45) is 5.90. The Hall–Kier alpha value is -1.94. The smallest absolute Gasteiger partial charge is 0.230 e. The average Bonchev–Trinajstić information content (AvgIpc) is 2.38. The third kappa shape index (κ3) is 4.34. The molecule has 4 nitrogen and oxygen atoms in total. The first kappa shape index (κ1) is 13.5. The topological polar surface area (TPSA) is 45.9 Å². The summed E-state index contributed by atoms with van der Waals surface area (Å²) in [6.45, 7) is 2.68. The van der Waals surface area contributed by atoms with Crippen LogP contribution in [0.4, 0.5) is 5.69 Å². The van der Waals surface area contributed by atoms with E-state index < -0.39 is 0 Å². The Balaban J connectivity index is 1.86. The van der Waals surface area contributed by atoms with Crippen LogP contribution < -0.4 is 9.88 Å². The van der Waals surface area contributed by atoms with Crippen molar-refractivity contribution in [3.8, 4) is 0 Å². The fraction of sp³-hybridized carbons (Fsp3) is 0.214. The summed E-state index contributed by atoms with van der Waals surface area (Å²) in [7, 11) is 0. The fourth-order valence-electron chi connectivity index (χ4n) is 1.62. The van der Waals surface area contributed by atoms with Gasteiger partial charge in [-0.25, -0.2) is 9.55 Å². The van der Waals surface area contributed by atoms with Crippen LogP contribution in [0.1, 0.15) is 12.0 Å². The Morgan fingerprint density at radius 2 is 2.11 bits per heavy atom. The summed E-state index contributed by atoms with van der Waals surface area (Å²) < 4.78 is 1.98. The van der Waals surface area contributed by atoms with Gasteiger partial charge in [0.15, 0.2) is 18.9 Å². The van der Waals surface area contributed by atoms with Crippen molar-refractivity contribution in [3.63, 3.8) is 0 Å². The second-order valence-electron chi connectivity index (χ2n) is 4.28. The molecule has 0 saturated carbocycles. The number of pyridine rings is 2. The lowest BCUT2D eigenvalue weighted by molar-refractivity contribution is -0.695. The second kappa shape index (κ2) is 6.29. The van der Waals surface area contributed by atoms with E-state index in [1.165, 1.54) is 5.56 Å². The van der Waals surface area contributed by atoms with Gasteiger partial charge < -0.3 is 5.32 Å². The van der Waals surface area contributed by atoms with Gasteiger partial charge in [0.05, 0.1) is 6.42 Å². The van der Waals surface area contributed by atoms with Gasteiger partial charge >= 0.3 is 0 Å². The zero-order valence-corrected chi connectivity index (χ0v) is 11.4. The van der Waals surface area contributed by atoms with Gasteiger partial charge in [-0.2, -0.15) is 0 Å². The van der Waals surface area contributed by atoms with Gasteiger partial charge in [0, 0.05) is 24.0 Å². The van der Waals surface area contributed by atoms with Gasteiger partial charge in [-0.3, -0.25) is 4.79 Å². The minimum absolute atomic E-state index is 0.0460. The molecular weight excluding hydrogens is 262 g/mol. The van der Waals surface area contributed by atoms with Crippen LogP contribution in [0, 0.1) is 6.92 Å². The number of anilines is 1. The van der Waals surface area contributed by atoms with E-state index >= 15 is 0 Å². The molecule has 0 bridgehead atoms. The summed E-state index contributed by atoms with van der Waals surface area (Å²) in [5.74, 6) is -0.0460. The molecule has 0 aromatic carbocycles. The first-order chi connectivity index (χ1) is 9.13. The molecule has 0 saturated heterocycles. The second-order valence-corrected chi connectivity index (χ2v) is 4.67. The van der Waals surface area contributed by atoms with Gasteiger partial charge in [-0.1, -0.05) is 11.6 Å². The van der Waals surface area contributed by atoms with Crippen LogP contribution in [0.3, 0.4) is 0 Å². The molecule has 0 aliphatic carbocycles. The molecule has 0 unspecified atom stereocenters. The van der Waals surface area contributed by atoms with Crippen molar-refractivity contribution in [2.45, 2.75) is 19.9 Å². The Bertz CT molecular complexity index is 569. The molecule has 2 aromatic heterocycles. The third-order valence-corrected chi connectivity index (χ3v) is 2.87. The van der Waals surface area contributed by atoms with Crippen molar-refractivity contribution < 1.29 is 9.36 Å². The lowest BCUT2D eigenvalue weighted by Crippen LogP contribution is -2.34. The Labute approximate surface area is 117 Å². The molecule has 0 aliphatic rings. The van der Waals surface area contributed by atoms with E-state index in [1.807, 2.05) is 36.0 Å². The minimum Gasteiger partial charge on any atom is -0.326 e. The van der Waals surface area contributed by atoms with E-state index in [0.717, 1.165) is 0 Å². The number of rotatable bonds is 4. The first-order valence-electron chi connectivity index (χ1n) is 6.00. The molecule has 1 N–H and O–H groups in total. The predicted molar refractivity (Wildman–Crippen MR) is 73.9 cm³/mol. The van der Waals surface area contributed by atoms with Gasteiger partial charge in [-0.15, -0.1) is 0 Å². The number of hydrogen-bond donors (Lipinski definition) is 1. The number of carbonyl (C=O) groups excluding carboxylic acids is 1. The molecule has 2 heterocycles. The summed E-state index contributed by atoms with van der Waals surface area (Å²) in [4.78, 5) is 15.6. The largest absolute Gasteiger partial charge is 0.326 e. The Morgan fingerprint density at radius 3 is 2.79 bits per heavy atom. The molecule has 0 atom stereocenters. The molecule has 5 heteroatoms. The zero-order chi connectivity index (χ0) is 13.7. The highest BCUT2D eigenvalue weighted by molar-refractivity contribution is 6.29. The van der Waals surface area contributed by atoms with Gasteiger partial charge in [0.2, 0.25) is 5.91 Å². The number of aryl methyl sites for hydroxylation is 2. The maximum absolute atomic E-state index is 11.8. The van der Waals surface area contributed by atoms with Crippen LogP contribution in [0.2, 0.25) is 5.15 Å². The van der Waals surface area contributed by atoms with Crippen LogP contribution in [-0.2, 0) is 11.3 Å². The highest BCUT2D eigenvalue weighted by atomic mass is 35.5. The molecule has 98 valence electrons. The summed E-state index contributed by atoms with van der Waals surface area (Å²) in [5, 5.41) is 3.15. The number of hydrogen-bond acceptors (Lipinski definition) is 2. The zero-order valence-electron chi connectivity index (χ0n) is 10.6. The molecule has 2 aromatic rings. The molecule has 2 rings (SSSR count). The van der Waals surface area contributed by atoms with Crippen LogP contribution in [-0.4, -0.2) is 10.9 Å². The van der Waals surface area contributed by atoms with Gasteiger partial charge in [-0.05, 0) is 24.6 Å². The first-order valence-corrected chi connectivity index (χ1v) is 6.38. The molecular formula is C14H15ClN3O+. The van der Waals surface area contributed by atoms with Crippen molar-refractivity contribution in [2.24, 2.45) is 0 Å². The van der Waals surface area contributed by atoms with Crippen LogP contribution >= 0.6 is 11.6 Å². The van der Waals surface area contributed by atoms with E-state index in [9.17, 15) is 4.79 Å². The molecule has 0 spiro atoms. The van der Waals surface area contributed by atoms with E-state index in [0.29, 0.717) is 23.8 Å². The third-order valence-electron chi connectivity index (χ3n) is 2.67. The van der Waals surface area contributed by atoms with Crippen molar-refractivity contribution in [2.75, 3.05) is 5.32 Å². The van der Waals surface area contributed by atoms with Crippen molar-refractivity contribution >= 4 is 23.2 Å². The van der Waals surface area contributed by atoms with Crippen molar-refractivity contribution in [3.05, 3.63) is 53.6 Å². The standard InChI is InChI=1S/C14H14ClN3O/c1-11-3-7-18(8-4-11)9-5-14(19)17-12-2-6-16-13(15)10-12/h2-4,6-8,10H,5,9H2,1H3/p+1. The van der Waals surface area contributed by atoms with E-state index in [4.69, 9.17) is 11.6 Å². The van der Waals surface area contributed by atoms with E-state index in [1.54, 1.807) is 18.3 Å². The van der Waals surface area contributed by atoms with Crippen LogP contribution in [0.15, 0.2) is 42.9 Å². The Morgan fingerprint density at radius 1 is 1.37 bits per heavy atom. The highest BCUT2D eigenvalue weighted by Crippen LogP contribution is 2.11. The maximum Gasteiger partial charge on any atom is 0.230 e. The number of carbonyl (C=O) groups is 1. The van der Waals surface area contributed by atoms with Crippen molar-refractivity contribution in [1.29, 1.82) is 0 Å². The lowest BCUT2D eigenvalue weighted by atomic mass is 10.3. The molecule has 19 heavy (non-hydrogen) atoms. The molecule has 0 fully saturated rings. The molecule has 0 aliphatic heterocycles. The van der Waals surface area contributed by atoms with E-state index in [2.05, 4.69) is 10.3 Å². The number of nitrogens with one attached hydrogen (secondary N) is 1. The maximum atomic E-state index is 11.8. The molecule has 0 radical (unpaired) electrons. The number of amides is 1. The normalized spacial score (nSPS) is 10.2. The lowest BCUT2D eigenvalue weighted by Gasteiger charge is -2.03. The SMILES string of the molecule is Cc1cc[n+](CCC(=O)Nc2ccnc(Cl)c2)cc1. The minimum atomic E-state index is -0.0460. The van der Waals surface area contributed by atoms with Crippen LogP contribution in [0.5, 0.6) is 0 Å². The summed E-state index contributed by atoms with van der Waals surface area (Å²) in [5.41, 5.74) is 1.87. The molecule has 1 amide bonds. The fourth-order valence-corrected chi connectivity index (χ4v) is 1.79. The quantitative estimate of drug-likeness (QED) is 0.688. The number of aromatic nitrogens is 2. The summed E-state index contributed by atoms with van der Waals surface area (Å²) in [6, 6.07) is 7.36. The van der Waals surface area contributed by atoms with Crippen molar-refractivity contribution in [1.82, 2.24) is 4.98 Å². The predicted octanol–water partition coefficient (Wildman–Crippen LogP) is 2.36.